The molecule has 0 saturated heterocycles. The number of aromatic nitrogens is 2. The fourth-order valence-corrected chi connectivity index (χ4v) is 3.94. The van der Waals surface area contributed by atoms with E-state index >= 15 is 0 Å². The first kappa shape index (κ1) is 21.4. The van der Waals surface area contributed by atoms with Crippen LogP contribution < -0.4 is 9.47 Å². The molecule has 0 unspecified atom stereocenters. The van der Waals surface area contributed by atoms with E-state index in [-0.39, 0.29) is 30.6 Å². The molecule has 166 valence electrons. The van der Waals surface area contributed by atoms with Gasteiger partial charge in [0.1, 0.15) is 17.8 Å². The number of carbonyl (C=O) groups is 2. The molecule has 0 bridgehead atoms. The molecule has 0 atom stereocenters. The number of rotatable bonds is 6. The predicted molar refractivity (Wildman–Crippen MR) is 118 cm³/mol. The molecule has 0 spiro atoms. The van der Waals surface area contributed by atoms with E-state index in [1.165, 1.54) is 6.33 Å². The Balaban J connectivity index is 1.84. The highest BCUT2D eigenvalue weighted by Gasteiger charge is 2.31. The fourth-order valence-electron chi connectivity index (χ4n) is 3.94. The van der Waals surface area contributed by atoms with Gasteiger partial charge in [-0.3, -0.25) is 9.36 Å². The molecule has 0 radical (unpaired) electrons. The van der Waals surface area contributed by atoms with Crippen LogP contribution in [-0.2, 0) is 13.1 Å². The zero-order chi connectivity index (χ0) is 23.0. The SMILES string of the molecule is COc1ccc(CN2Cc3c(C(=O)O)ncn3-c3ccc(C(C)C)cc3C2=O)c(OC)c1. The van der Waals surface area contributed by atoms with Gasteiger partial charge in [0.2, 0.25) is 0 Å². The molecule has 2 heterocycles. The normalized spacial score (nSPS) is 12.9. The zero-order valence-electron chi connectivity index (χ0n) is 18.5. The van der Waals surface area contributed by atoms with Crippen LogP contribution in [0.2, 0.25) is 0 Å². The number of carboxylic acid groups (broad SMARTS) is 1. The highest BCUT2D eigenvalue weighted by atomic mass is 16.5. The maximum atomic E-state index is 13.7. The topological polar surface area (TPSA) is 93.9 Å². The van der Waals surface area contributed by atoms with Gasteiger partial charge in [-0.2, -0.15) is 0 Å². The van der Waals surface area contributed by atoms with Crippen molar-refractivity contribution in [2.24, 2.45) is 0 Å². The minimum atomic E-state index is -1.13. The number of carbonyl (C=O) groups excluding carboxylic acids is 1. The molecule has 2 aromatic carbocycles. The van der Waals surface area contributed by atoms with Gasteiger partial charge in [-0.05, 0) is 35.7 Å². The summed E-state index contributed by atoms with van der Waals surface area (Å²) >= 11 is 0. The van der Waals surface area contributed by atoms with Crippen LogP contribution in [0.1, 0.15) is 57.4 Å². The minimum absolute atomic E-state index is 0.0646. The number of methoxy groups -OCH3 is 2. The van der Waals surface area contributed by atoms with E-state index in [0.29, 0.717) is 28.4 Å². The number of imidazole rings is 1. The smallest absolute Gasteiger partial charge is 0.356 e. The average Bonchev–Trinajstić information content (AvgIpc) is 3.17. The van der Waals surface area contributed by atoms with Crippen LogP contribution in [-0.4, -0.2) is 45.7 Å². The summed E-state index contributed by atoms with van der Waals surface area (Å²) < 4.78 is 12.5. The Morgan fingerprint density at radius 1 is 1.16 bits per heavy atom. The molecule has 1 aliphatic rings. The van der Waals surface area contributed by atoms with Gasteiger partial charge < -0.3 is 19.5 Å². The second kappa shape index (κ2) is 8.37. The number of benzene rings is 2. The molecule has 1 amide bonds. The summed E-state index contributed by atoms with van der Waals surface area (Å²) in [4.78, 5) is 31.2. The third kappa shape index (κ3) is 3.68. The molecule has 0 saturated carbocycles. The van der Waals surface area contributed by atoms with Gasteiger partial charge in [0.25, 0.3) is 5.91 Å². The van der Waals surface area contributed by atoms with E-state index in [1.54, 1.807) is 35.8 Å². The lowest BCUT2D eigenvalue weighted by Crippen LogP contribution is -2.30. The van der Waals surface area contributed by atoms with Crippen LogP contribution in [0.15, 0.2) is 42.7 Å². The Hall–Kier alpha value is -3.81. The second-order valence-electron chi connectivity index (χ2n) is 7.99. The highest BCUT2D eigenvalue weighted by molar-refractivity contribution is 5.99. The summed E-state index contributed by atoms with van der Waals surface area (Å²) in [6, 6.07) is 11.1. The highest BCUT2D eigenvalue weighted by Crippen LogP contribution is 2.32. The number of hydrogen-bond acceptors (Lipinski definition) is 5. The quantitative estimate of drug-likeness (QED) is 0.632. The second-order valence-corrected chi connectivity index (χ2v) is 7.99. The van der Waals surface area contributed by atoms with Crippen molar-refractivity contribution in [3.8, 4) is 17.2 Å². The monoisotopic (exact) mass is 435 g/mol. The number of fused-ring (bicyclic) bond motifs is 3. The maximum Gasteiger partial charge on any atom is 0.356 e. The number of amides is 1. The Morgan fingerprint density at radius 3 is 2.59 bits per heavy atom. The van der Waals surface area contributed by atoms with Gasteiger partial charge in [0.15, 0.2) is 5.69 Å². The maximum absolute atomic E-state index is 13.7. The first-order valence-electron chi connectivity index (χ1n) is 10.3. The van der Waals surface area contributed by atoms with Crippen LogP contribution >= 0.6 is 0 Å². The van der Waals surface area contributed by atoms with Gasteiger partial charge in [0.05, 0.1) is 44.3 Å². The van der Waals surface area contributed by atoms with E-state index in [1.807, 2.05) is 24.3 Å². The third-order valence-electron chi connectivity index (χ3n) is 5.73. The van der Waals surface area contributed by atoms with Crippen LogP contribution in [0.5, 0.6) is 11.5 Å². The van der Waals surface area contributed by atoms with Crippen molar-refractivity contribution in [2.75, 3.05) is 14.2 Å². The summed E-state index contributed by atoms with van der Waals surface area (Å²) in [6.07, 6.45) is 1.47. The first-order valence-corrected chi connectivity index (χ1v) is 10.3. The van der Waals surface area contributed by atoms with Crippen molar-refractivity contribution in [3.63, 3.8) is 0 Å². The van der Waals surface area contributed by atoms with Crippen LogP contribution in [0, 0.1) is 0 Å². The standard InChI is InChI=1S/C24H25N3O5/c1-14(2)15-6-8-19-18(9-15)23(28)26(12-20-22(24(29)30)25-13-27(19)20)11-16-5-7-17(31-3)10-21(16)32-4/h5-10,13-14H,11-12H2,1-4H3,(H,29,30). The van der Waals surface area contributed by atoms with Crippen molar-refractivity contribution >= 4 is 11.9 Å². The summed E-state index contributed by atoms with van der Waals surface area (Å²) in [6.45, 7) is 4.46. The molecule has 8 heteroatoms. The summed E-state index contributed by atoms with van der Waals surface area (Å²) in [5, 5.41) is 9.66. The van der Waals surface area contributed by atoms with Crippen molar-refractivity contribution in [1.29, 1.82) is 0 Å². The van der Waals surface area contributed by atoms with Crippen LogP contribution in [0.4, 0.5) is 0 Å². The molecule has 1 N–H and O–H groups in total. The Morgan fingerprint density at radius 2 is 1.94 bits per heavy atom. The van der Waals surface area contributed by atoms with Gasteiger partial charge in [-0.15, -0.1) is 0 Å². The van der Waals surface area contributed by atoms with E-state index in [0.717, 1.165) is 11.1 Å². The molecule has 3 aromatic rings. The van der Waals surface area contributed by atoms with Gasteiger partial charge >= 0.3 is 5.97 Å². The Bertz CT molecular complexity index is 1200. The van der Waals surface area contributed by atoms with E-state index < -0.39 is 5.97 Å². The molecule has 8 nitrogen and oxygen atoms in total. The molecular weight excluding hydrogens is 410 g/mol. The number of carboxylic acids is 1. The van der Waals surface area contributed by atoms with Crippen LogP contribution in [0.25, 0.3) is 5.69 Å². The summed E-state index contributed by atoms with van der Waals surface area (Å²) in [7, 11) is 3.13. The van der Waals surface area contributed by atoms with E-state index in [4.69, 9.17) is 9.47 Å². The number of nitrogens with zero attached hydrogens (tertiary/aromatic N) is 3. The predicted octanol–water partition coefficient (Wildman–Crippen LogP) is 3.87. The molecular formula is C24H25N3O5. The lowest BCUT2D eigenvalue weighted by Gasteiger charge is -2.23. The van der Waals surface area contributed by atoms with Crippen molar-refractivity contribution < 1.29 is 24.2 Å². The van der Waals surface area contributed by atoms with Crippen molar-refractivity contribution in [2.45, 2.75) is 32.9 Å². The van der Waals surface area contributed by atoms with Gasteiger partial charge in [-0.1, -0.05) is 19.9 Å². The number of hydrogen-bond donors (Lipinski definition) is 1. The Kier molecular flexibility index (Phi) is 5.61. The molecule has 1 aliphatic heterocycles. The van der Waals surface area contributed by atoms with Gasteiger partial charge in [-0.25, -0.2) is 9.78 Å². The number of aromatic carboxylic acids is 1. The van der Waals surface area contributed by atoms with Crippen molar-refractivity contribution in [3.05, 3.63) is 70.8 Å². The largest absolute Gasteiger partial charge is 0.497 e. The first-order chi connectivity index (χ1) is 15.3. The summed E-state index contributed by atoms with van der Waals surface area (Å²) in [5.74, 6) is 0.162. The van der Waals surface area contributed by atoms with Crippen molar-refractivity contribution in [1.82, 2.24) is 14.5 Å². The molecule has 0 aliphatic carbocycles. The van der Waals surface area contributed by atoms with E-state index in [2.05, 4.69) is 18.8 Å². The zero-order valence-corrected chi connectivity index (χ0v) is 18.5. The molecule has 32 heavy (non-hydrogen) atoms. The van der Waals surface area contributed by atoms with Crippen LogP contribution in [0.3, 0.4) is 0 Å². The molecule has 1 aromatic heterocycles. The lowest BCUT2D eigenvalue weighted by molar-refractivity contribution is 0.0675. The third-order valence-corrected chi connectivity index (χ3v) is 5.73. The average molecular weight is 435 g/mol. The van der Waals surface area contributed by atoms with Gasteiger partial charge in [0, 0.05) is 11.6 Å². The molecule has 4 rings (SSSR count). The lowest BCUT2D eigenvalue weighted by atomic mass is 9.99. The minimum Gasteiger partial charge on any atom is -0.497 e. The van der Waals surface area contributed by atoms with E-state index in [9.17, 15) is 14.7 Å². The summed E-state index contributed by atoms with van der Waals surface area (Å²) in [5.41, 5.74) is 3.34. The molecule has 0 fully saturated rings. The number of ether oxygens (including phenoxy) is 2. The Labute approximate surface area is 186 Å². The fraction of sp³-hybridized carbons (Fsp3) is 0.292.